The molecule has 0 aliphatic carbocycles. The zero-order valence-corrected chi connectivity index (χ0v) is 8.59. The maximum atomic E-state index is 5.18. The number of methoxy groups -OCH3 is 1. The van der Waals surface area contributed by atoms with E-state index < -0.39 is 0 Å². The summed E-state index contributed by atoms with van der Waals surface area (Å²) >= 11 is 0. The smallest absolute Gasteiger partial charge is 0.169 e. The number of nitrogens with one attached hydrogen (secondary N) is 1. The lowest BCUT2D eigenvalue weighted by Crippen LogP contribution is -2.12. The fraction of sp³-hybridized carbons (Fsp3) is 0.500. The molecule has 0 spiro atoms. The van der Waals surface area contributed by atoms with Crippen LogP contribution in [0.1, 0.15) is 19.5 Å². The van der Waals surface area contributed by atoms with Crippen molar-refractivity contribution in [1.82, 2.24) is 4.98 Å². The fourth-order valence-electron chi connectivity index (χ4n) is 1.09. The van der Waals surface area contributed by atoms with Crippen LogP contribution in [0.2, 0.25) is 0 Å². The fourth-order valence-corrected chi connectivity index (χ4v) is 1.09. The highest BCUT2D eigenvalue weighted by molar-refractivity contribution is 5.50. The molecule has 0 atom stereocenters. The lowest BCUT2D eigenvalue weighted by Gasteiger charge is -2.12. The lowest BCUT2D eigenvalue weighted by atomic mass is 10.3. The van der Waals surface area contributed by atoms with Crippen molar-refractivity contribution in [1.29, 1.82) is 0 Å². The number of hydrogen-bond acceptors (Lipinski definition) is 3. The summed E-state index contributed by atoms with van der Waals surface area (Å²) in [5.41, 5.74) is 0.990. The number of aromatic nitrogens is 1. The highest BCUT2D eigenvalue weighted by Gasteiger charge is 2.04. The van der Waals surface area contributed by atoms with E-state index in [-0.39, 0.29) is 0 Å². The summed E-state index contributed by atoms with van der Waals surface area (Å²) in [4.78, 5) is 4.35. The Hall–Kier alpha value is -1.25. The number of anilines is 1. The van der Waals surface area contributed by atoms with Gasteiger partial charge in [0.2, 0.25) is 0 Å². The molecular formula is C10H16N2O. The third-order valence-electron chi connectivity index (χ3n) is 1.64. The second-order valence-corrected chi connectivity index (χ2v) is 3.30. The number of nitrogens with zero attached hydrogens (tertiary/aromatic N) is 1. The number of hydrogen-bond donors (Lipinski definition) is 1. The van der Waals surface area contributed by atoms with Gasteiger partial charge in [-0.1, -0.05) is 0 Å². The molecule has 0 unspecified atom stereocenters. The Morgan fingerprint density at radius 3 is 2.62 bits per heavy atom. The van der Waals surface area contributed by atoms with Gasteiger partial charge in [-0.25, -0.2) is 4.98 Å². The first-order chi connectivity index (χ1) is 6.13. The molecule has 3 nitrogen and oxygen atoms in total. The first-order valence-electron chi connectivity index (χ1n) is 4.41. The zero-order valence-electron chi connectivity index (χ0n) is 8.59. The summed E-state index contributed by atoms with van der Waals surface area (Å²) in [6.45, 7) is 6.11. The standard InChI is InChI=1S/C10H16N2O/c1-7(2)11-10-9(13-4)6-5-8(3)12-10/h5-7H,1-4H3,(H,11,12). The molecular weight excluding hydrogens is 164 g/mol. The highest BCUT2D eigenvalue weighted by atomic mass is 16.5. The van der Waals surface area contributed by atoms with Crippen LogP contribution in [0.3, 0.4) is 0 Å². The minimum absolute atomic E-state index is 0.364. The molecule has 0 bridgehead atoms. The molecule has 72 valence electrons. The van der Waals surface area contributed by atoms with Crippen molar-refractivity contribution >= 4 is 5.82 Å². The van der Waals surface area contributed by atoms with E-state index in [9.17, 15) is 0 Å². The van der Waals surface area contributed by atoms with Gasteiger partial charge < -0.3 is 10.1 Å². The summed E-state index contributed by atoms with van der Waals surface area (Å²) in [6.07, 6.45) is 0. The van der Waals surface area contributed by atoms with Crippen LogP contribution in [0.5, 0.6) is 5.75 Å². The van der Waals surface area contributed by atoms with E-state index in [1.165, 1.54) is 0 Å². The third-order valence-corrected chi connectivity index (χ3v) is 1.64. The summed E-state index contributed by atoms with van der Waals surface area (Å²) < 4.78 is 5.18. The summed E-state index contributed by atoms with van der Waals surface area (Å²) in [7, 11) is 1.65. The van der Waals surface area contributed by atoms with Crippen LogP contribution in [0.15, 0.2) is 12.1 Å². The molecule has 0 fully saturated rings. The van der Waals surface area contributed by atoms with Crippen molar-refractivity contribution in [3.63, 3.8) is 0 Å². The Morgan fingerprint density at radius 1 is 1.38 bits per heavy atom. The van der Waals surface area contributed by atoms with Gasteiger partial charge >= 0.3 is 0 Å². The summed E-state index contributed by atoms with van der Waals surface area (Å²) in [6, 6.07) is 4.22. The van der Waals surface area contributed by atoms with E-state index in [0.717, 1.165) is 17.3 Å². The number of aryl methyl sites for hydroxylation is 1. The van der Waals surface area contributed by atoms with Gasteiger partial charge in [0.15, 0.2) is 11.6 Å². The molecule has 0 radical (unpaired) electrons. The van der Waals surface area contributed by atoms with Crippen LogP contribution in [-0.2, 0) is 0 Å². The van der Waals surface area contributed by atoms with Gasteiger partial charge in [-0.05, 0) is 32.9 Å². The van der Waals surface area contributed by atoms with Crippen LogP contribution in [0, 0.1) is 6.92 Å². The molecule has 0 saturated heterocycles. The van der Waals surface area contributed by atoms with E-state index >= 15 is 0 Å². The SMILES string of the molecule is COc1ccc(C)nc1NC(C)C. The zero-order chi connectivity index (χ0) is 9.84. The van der Waals surface area contributed by atoms with Crippen molar-refractivity contribution in [2.24, 2.45) is 0 Å². The average molecular weight is 180 g/mol. The molecule has 0 aromatic carbocycles. The van der Waals surface area contributed by atoms with Crippen LogP contribution >= 0.6 is 0 Å². The van der Waals surface area contributed by atoms with Gasteiger partial charge in [0.25, 0.3) is 0 Å². The molecule has 0 aliphatic heterocycles. The Kier molecular flexibility index (Phi) is 3.12. The quantitative estimate of drug-likeness (QED) is 0.774. The van der Waals surface area contributed by atoms with Gasteiger partial charge in [0, 0.05) is 11.7 Å². The van der Waals surface area contributed by atoms with Crippen molar-refractivity contribution in [3.8, 4) is 5.75 Å². The summed E-state index contributed by atoms with van der Waals surface area (Å²) in [5.74, 6) is 1.61. The second-order valence-electron chi connectivity index (χ2n) is 3.30. The molecule has 1 N–H and O–H groups in total. The molecule has 1 rings (SSSR count). The van der Waals surface area contributed by atoms with Crippen molar-refractivity contribution < 1.29 is 4.74 Å². The van der Waals surface area contributed by atoms with E-state index in [4.69, 9.17) is 4.74 Å². The molecule has 0 aliphatic rings. The van der Waals surface area contributed by atoms with Crippen LogP contribution in [0.25, 0.3) is 0 Å². The normalized spacial score (nSPS) is 10.2. The molecule has 1 heterocycles. The molecule has 0 amide bonds. The monoisotopic (exact) mass is 180 g/mol. The van der Waals surface area contributed by atoms with E-state index in [2.05, 4.69) is 24.1 Å². The predicted octanol–water partition coefficient (Wildman–Crippen LogP) is 2.22. The van der Waals surface area contributed by atoms with Gasteiger partial charge in [0.1, 0.15) is 0 Å². The van der Waals surface area contributed by atoms with Crippen molar-refractivity contribution in [2.45, 2.75) is 26.8 Å². The van der Waals surface area contributed by atoms with E-state index in [1.807, 2.05) is 19.1 Å². The second kappa shape index (κ2) is 4.12. The molecule has 1 aromatic rings. The van der Waals surface area contributed by atoms with E-state index in [1.54, 1.807) is 7.11 Å². The van der Waals surface area contributed by atoms with Gasteiger partial charge in [-0.2, -0.15) is 0 Å². The minimum Gasteiger partial charge on any atom is -0.493 e. The molecule has 0 saturated carbocycles. The minimum atomic E-state index is 0.364. The summed E-state index contributed by atoms with van der Waals surface area (Å²) in [5, 5.41) is 3.23. The molecule has 3 heteroatoms. The molecule has 13 heavy (non-hydrogen) atoms. The highest BCUT2D eigenvalue weighted by Crippen LogP contribution is 2.22. The Labute approximate surface area is 79.1 Å². The number of pyridine rings is 1. The largest absolute Gasteiger partial charge is 0.493 e. The molecule has 1 aromatic heterocycles. The van der Waals surface area contributed by atoms with Crippen molar-refractivity contribution in [2.75, 3.05) is 12.4 Å². The van der Waals surface area contributed by atoms with Crippen LogP contribution < -0.4 is 10.1 Å². The van der Waals surface area contributed by atoms with Crippen molar-refractivity contribution in [3.05, 3.63) is 17.8 Å². The maximum Gasteiger partial charge on any atom is 0.169 e. The Balaban J connectivity index is 2.94. The average Bonchev–Trinajstić information content (AvgIpc) is 2.03. The number of ether oxygens (including phenoxy) is 1. The van der Waals surface area contributed by atoms with Crippen LogP contribution in [-0.4, -0.2) is 18.1 Å². The first-order valence-corrected chi connectivity index (χ1v) is 4.41. The van der Waals surface area contributed by atoms with E-state index in [0.29, 0.717) is 6.04 Å². The number of rotatable bonds is 3. The van der Waals surface area contributed by atoms with Gasteiger partial charge in [-0.15, -0.1) is 0 Å². The Morgan fingerprint density at radius 2 is 2.08 bits per heavy atom. The predicted molar refractivity (Wildman–Crippen MR) is 54.3 cm³/mol. The first kappa shape index (κ1) is 9.84. The van der Waals surface area contributed by atoms with Gasteiger partial charge in [-0.3, -0.25) is 0 Å². The Bertz CT molecular complexity index is 284. The van der Waals surface area contributed by atoms with Gasteiger partial charge in [0.05, 0.1) is 7.11 Å². The third kappa shape index (κ3) is 2.61. The lowest BCUT2D eigenvalue weighted by molar-refractivity contribution is 0.414. The maximum absolute atomic E-state index is 5.18. The topological polar surface area (TPSA) is 34.1 Å². The van der Waals surface area contributed by atoms with Crippen LogP contribution in [0.4, 0.5) is 5.82 Å².